The lowest BCUT2D eigenvalue weighted by Gasteiger charge is -2.04. The van der Waals surface area contributed by atoms with Crippen LogP contribution in [-0.4, -0.2) is 24.7 Å². The molecule has 0 saturated heterocycles. The molecule has 2 rings (SSSR count). The van der Waals surface area contributed by atoms with Crippen LogP contribution in [0.2, 0.25) is 0 Å². The Hall–Kier alpha value is -1.30. The van der Waals surface area contributed by atoms with E-state index in [1.807, 2.05) is 13.1 Å². The molecule has 2 aromatic heterocycles. The minimum atomic E-state index is 0.559. The number of aryl methyl sites for hydroxylation is 1. The third kappa shape index (κ3) is 2.38. The minimum Gasteiger partial charge on any atom is -0.245 e. The summed E-state index contributed by atoms with van der Waals surface area (Å²) in [4.78, 5) is 12.5. The molecule has 0 aliphatic heterocycles. The number of rotatable bonds is 3. The largest absolute Gasteiger partial charge is 0.245 e. The Labute approximate surface area is 95.7 Å². The summed E-state index contributed by atoms with van der Waals surface area (Å²) >= 11 is 3.39. The van der Waals surface area contributed by atoms with Gasteiger partial charge < -0.3 is 0 Å². The van der Waals surface area contributed by atoms with E-state index >= 15 is 0 Å². The molecular weight excluding hydrogens is 258 g/mol. The molecule has 0 aromatic carbocycles. The van der Waals surface area contributed by atoms with Gasteiger partial charge in [0.2, 0.25) is 0 Å². The van der Waals surface area contributed by atoms with E-state index in [4.69, 9.17) is 0 Å². The summed E-state index contributed by atoms with van der Waals surface area (Å²) in [5, 5.41) is 4.78. The Balaban J connectivity index is 2.20. The molecule has 0 spiro atoms. The van der Waals surface area contributed by atoms with Crippen LogP contribution in [0, 0.1) is 6.92 Å². The second-order valence-corrected chi connectivity index (χ2v) is 3.68. The summed E-state index contributed by atoms with van der Waals surface area (Å²) in [6.45, 7) is 2.53. The van der Waals surface area contributed by atoms with Crippen molar-refractivity contribution in [3.63, 3.8) is 0 Å². The van der Waals surface area contributed by atoms with Gasteiger partial charge in [0, 0.05) is 22.8 Å². The van der Waals surface area contributed by atoms with Gasteiger partial charge in [-0.2, -0.15) is 5.10 Å². The highest BCUT2D eigenvalue weighted by molar-refractivity contribution is 9.08. The number of aromatic nitrogens is 5. The molecule has 78 valence electrons. The monoisotopic (exact) mass is 267 g/mol. The third-order valence-electron chi connectivity index (χ3n) is 2.04. The van der Waals surface area contributed by atoms with Crippen LogP contribution in [0.25, 0.3) is 0 Å². The number of hydrogen-bond acceptors (Lipinski definition) is 4. The lowest BCUT2D eigenvalue weighted by molar-refractivity contribution is 0.650. The highest BCUT2D eigenvalue weighted by Gasteiger charge is 2.03. The van der Waals surface area contributed by atoms with Crippen LogP contribution in [0.5, 0.6) is 0 Å². The van der Waals surface area contributed by atoms with E-state index in [1.54, 1.807) is 11.0 Å². The molecule has 2 aromatic rings. The maximum Gasteiger partial charge on any atom is 0.150 e. The maximum atomic E-state index is 4.39. The normalized spacial score (nSPS) is 10.5. The quantitative estimate of drug-likeness (QED) is 0.788. The molecule has 0 atom stereocenters. The molecular formula is C9H10BrN5. The van der Waals surface area contributed by atoms with Gasteiger partial charge in [-0.25, -0.2) is 19.6 Å². The summed E-state index contributed by atoms with van der Waals surface area (Å²) in [6, 6.07) is 0. The van der Waals surface area contributed by atoms with Crippen molar-refractivity contribution in [3.05, 3.63) is 35.9 Å². The maximum absolute atomic E-state index is 4.39. The Kier molecular flexibility index (Phi) is 3.05. The zero-order chi connectivity index (χ0) is 10.7. The van der Waals surface area contributed by atoms with Crippen molar-refractivity contribution in [2.75, 3.05) is 0 Å². The van der Waals surface area contributed by atoms with Crippen molar-refractivity contribution in [1.82, 2.24) is 24.7 Å². The van der Waals surface area contributed by atoms with Gasteiger partial charge in [0.15, 0.2) is 0 Å². The van der Waals surface area contributed by atoms with Crippen LogP contribution < -0.4 is 0 Å². The molecule has 15 heavy (non-hydrogen) atoms. The van der Waals surface area contributed by atoms with E-state index in [1.165, 1.54) is 6.33 Å². The molecule has 0 fully saturated rings. The summed E-state index contributed by atoms with van der Waals surface area (Å²) in [5.74, 6) is 0.753. The summed E-state index contributed by atoms with van der Waals surface area (Å²) in [5.41, 5.74) is 2.11. The lowest BCUT2D eigenvalue weighted by atomic mass is 10.3. The molecule has 0 unspecified atom stereocenters. The number of hydrogen-bond donors (Lipinski definition) is 0. The zero-order valence-electron chi connectivity index (χ0n) is 8.26. The van der Waals surface area contributed by atoms with Gasteiger partial charge >= 0.3 is 0 Å². The van der Waals surface area contributed by atoms with E-state index < -0.39 is 0 Å². The van der Waals surface area contributed by atoms with Crippen molar-refractivity contribution >= 4 is 15.9 Å². The predicted molar refractivity (Wildman–Crippen MR) is 58.5 cm³/mol. The first-order valence-corrected chi connectivity index (χ1v) is 5.61. The second kappa shape index (κ2) is 4.48. The third-order valence-corrected chi connectivity index (χ3v) is 2.65. The van der Waals surface area contributed by atoms with Crippen LogP contribution in [0.1, 0.15) is 17.1 Å². The minimum absolute atomic E-state index is 0.559. The van der Waals surface area contributed by atoms with Crippen LogP contribution >= 0.6 is 15.9 Å². The summed E-state index contributed by atoms with van der Waals surface area (Å²) in [7, 11) is 0. The Bertz CT molecular complexity index is 440. The molecule has 0 aliphatic rings. The lowest BCUT2D eigenvalue weighted by Crippen LogP contribution is -2.06. The Morgan fingerprint density at radius 1 is 1.47 bits per heavy atom. The van der Waals surface area contributed by atoms with Gasteiger partial charge in [0.05, 0.1) is 0 Å². The van der Waals surface area contributed by atoms with E-state index in [2.05, 4.69) is 36.0 Å². The number of nitrogens with zero attached hydrogens (tertiary/aromatic N) is 5. The molecule has 6 heteroatoms. The molecule has 0 radical (unpaired) electrons. The zero-order valence-corrected chi connectivity index (χ0v) is 9.85. The van der Waals surface area contributed by atoms with Crippen molar-refractivity contribution in [1.29, 1.82) is 0 Å². The summed E-state index contributed by atoms with van der Waals surface area (Å²) in [6.07, 6.45) is 4.99. The van der Waals surface area contributed by atoms with Gasteiger partial charge in [0.1, 0.15) is 25.0 Å². The average molecular weight is 268 g/mol. The molecule has 0 aliphatic carbocycles. The van der Waals surface area contributed by atoms with E-state index in [-0.39, 0.29) is 0 Å². The van der Waals surface area contributed by atoms with E-state index in [9.17, 15) is 0 Å². The van der Waals surface area contributed by atoms with Gasteiger partial charge in [-0.05, 0) is 6.92 Å². The van der Waals surface area contributed by atoms with Crippen molar-refractivity contribution in [2.24, 2.45) is 0 Å². The first-order chi connectivity index (χ1) is 7.29. The Morgan fingerprint density at radius 3 is 2.93 bits per heavy atom. The first-order valence-electron chi connectivity index (χ1n) is 4.49. The standard InChI is InChI=1S/C9H10BrN5/c1-7-8(2-10)3-12-9(14-7)4-15-6-11-5-13-15/h3,5-6H,2,4H2,1H3. The fourth-order valence-electron chi connectivity index (χ4n) is 1.21. The van der Waals surface area contributed by atoms with E-state index in [0.717, 1.165) is 22.4 Å². The molecule has 0 saturated carbocycles. The Morgan fingerprint density at radius 2 is 2.33 bits per heavy atom. The van der Waals surface area contributed by atoms with Crippen molar-refractivity contribution in [2.45, 2.75) is 18.8 Å². The van der Waals surface area contributed by atoms with Crippen molar-refractivity contribution < 1.29 is 0 Å². The van der Waals surface area contributed by atoms with Gasteiger partial charge in [0.25, 0.3) is 0 Å². The number of halogens is 1. The van der Waals surface area contributed by atoms with Gasteiger partial charge in [-0.1, -0.05) is 15.9 Å². The average Bonchev–Trinajstić information content (AvgIpc) is 2.71. The second-order valence-electron chi connectivity index (χ2n) is 3.12. The first kappa shape index (κ1) is 10.2. The highest BCUT2D eigenvalue weighted by atomic mass is 79.9. The highest BCUT2D eigenvalue weighted by Crippen LogP contribution is 2.08. The molecule has 0 amide bonds. The van der Waals surface area contributed by atoms with Gasteiger partial charge in [-0.3, -0.25) is 0 Å². The molecule has 5 nitrogen and oxygen atoms in total. The number of alkyl halides is 1. The fourth-order valence-corrected chi connectivity index (χ4v) is 1.76. The molecule has 0 N–H and O–H groups in total. The SMILES string of the molecule is Cc1nc(Cn2cncn2)ncc1CBr. The topological polar surface area (TPSA) is 56.5 Å². The van der Waals surface area contributed by atoms with Crippen molar-refractivity contribution in [3.8, 4) is 0 Å². The van der Waals surface area contributed by atoms with Crippen LogP contribution in [0.15, 0.2) is 18.9 Å². The van der Waals surface area contributed by atoms with Crippen LogP contribution in [-0.2, 0) is 11.9 Å². The smallest absolute Gasteiger partial charge is 0.150 e. The van der Waals surface area contributed by atoms with Crippen LogP contribution in [0.3, 0.4) is 0 Å². The molecule has 0 bridgehead atoms. The van der Waals surface area contributed by atoms with Gasteiger partial charge in [-0.15, -0.1) is 0 Å². The fraction of sp³-hybridized carbons (Fsp3) is 0.333. The predicted octanol–water partition coefficient (Wildman–Crippen LogP) is 1.32. The summed E-state index contributed by atoms with van der Waals surface area (Å²) < 4.78 is 1.70. The molecule has 2 heterocycles. The van der Waals surface area contributed by atoms with Crippen LogP contribution in [0.4, 0.5) is 0 Å². The van der Waals surface area contributed by atoms with E-state index in [0.29, 0.717) is 6.54 Å².